The van der Waals surface area contributed by atoms with Crippen molar-refractivity contribution in [2.75, 3.05) is 46.1 Å². The maximum atomic E-state index is 8.88. The number of hydrogen-bond acceptors (Lipinski definition) is 6. The first-order chi connectivity index (χ1) is 11.2. The summed E-state index contributed by atoms with van der Waals surface area (Å²) in [6.45, 7) is 6.44. The fourth-order valence-corrected chi connectivity index (χ4v) is 1.68. The van der Waals surface area contributed by atoms with Gasteiger partial charge in [-0.15, -0.1) is 0 Å². The summed E-state index contributed by atoms with van der Waals surface area (Å²) in [5.41, 5.74) is 0. The molecule has 0 saturated heterocycles. The summed E-state index contributed by atoms with van der Waals surface area (Å²) in [5.74, 6) is 0.560. The average Bonchev–Trinajstić information content (AvgIpc) is 2.48. The van der Waals surface area contributed by atoms with Crippen LogP contribution in [0, 0.1) is 5.92 Å². The molecular weight excluding hydrogens is 341 g/mol. The van der Waals surface area contributed by atoms with Crippen molar-refractivity contribution in [1.29, 1.82) is 0 Å². The zero-order valence-corrected chi connectivity index (χ0v) is 15.7. The quantitative estimate of drug-likeness (QED) is 0.236. The summed E-state index contributed by atoms with van der Waals surface area (Å²) in [5, 5.41) is 34.2. The van der Waals surface area contributed by atoms with E-state index in [4.69, 9.17) is 39.7 Å². The molecular formula is C14H36NO8P. The topological polar surface area (TPSA) is 162 Å². The standard InChI is InChI=1S/C8H18O.C6H15NO3.H3O4P/c1-3-5-6-8(4-2)7-9;8-4-1-7(2-5-9)3-6-10;1-5(2,3)4/h8-9H,3-7H2,1-2H3;8-10H,1-6H2;(H3,1,2,3,4). The van der Waals surface area contributed by atoms with E-state index in [9.17, 15) is 0 Å². The minimum Gasteiger partial charge on any atom is -0.396 e. The second-order valence-electron chi connectivity index (χ2n) is 5.12. The summed E-state index contributed by atoms with van der Waals surface area (Å²) in [4.78, 5) is 23.4. The molecule has 0 bridgehead atoms. The number of nitrogens with zero attached hydrogens (tertiary/aromatic N) is 1. The number of aliphatic hydroxyl groups is 4. The molecule has 7 N–H and O–H groups in total. The van der Waals surface area contributed by atoms with Gasteiger partial charge in [0.25, 0.3) is 0 Å². The molecule has 0 aromatic carbocycles. The van der Waals surface area contributed by atoms with Crippen molar-refractivity contribution in [3.63, 3.8) is 0 Å². The summed E-state index contributed by atoms with van der Waals surface area (Å²) < 4.78 is 8.88. The number of phosphoric acid groups is 1. The van der Waals surface area contributed by atoms with Crippen LogP contribution < -0.4 is 0 Å². The molecule has 0 aliphatic carbocycles. The zero-order valence-electron chi connectivity index (χ0n) is 14.8. The molecule has 0 saturated carbocycles. The highest BCUT2D eigenvalue weighted by Gasteiger charge is 2.02. The van der Waals surface area contributed by atoms with E-state index in [1.165, 1.54) is 19.3 Å². The average molecular weight is 377 g/mol. The first-order valence-electron chi connectivity index (χ1n) is 8.14. The van der Waals surface area contributed by atoms with Crippen molar-refractivity contribution in [3.8, 4) is 0 Å². The third-order valence-corrected chi connectivity index (χ3v) is 3.05. The van der Waals surface area contributed by atoms with Crippen LogP contribution in [-0.2, 0) is 4.57 Å². The predicted molar refractivity (Wildman–Crippen MR) is 92.4 cm³/mol. The lowest BCUT2D eigenvalue weighted by atomic mass is 10.0. The lowest BCUT2D eigenvalue weighted by Crippen LogP contribution is -2.32. The van der Waals surface area contributed by atoms with E-state index in [0.717, 1.165) is 6.42 Å². The van der Waals surface area contributed by atoms with E-state index >= 15 is 0 Å². The molecule has 0 aliphatic rings. The van der Waals surface area contributed by atoms with Crippen LogP contribution in [-0.4, -0.2) is 86.1 Å². The molecule has 0 aromatic rings. The third kappa shape index (κ3) is 33.5. The highest BCUT2D eigenvalue weighted by Crippen LogP contribution is 2.25. The Bertz CT molecular complexity index is 251. The molecule has 0 rings (SSSR count). The molecule has 24 heavy (non-hydrogen) atoms. The van der Waals surface area contributed by atoms with Crippen LogP contribution in [0.3, 0.4) is 0 Å². The van der Waals surface area contributed by atoms with Crippen LogP contribution in [0.25, 0.3) is 0 Å². The summed E-state index contributed by atoms with van der Waals surface area (Å²) in [6, 6.07) is 0. The summed E-state index contributed by atoms with van der Waals surface area (Å²) in [6.07, 6.45) is 4.83. The Kier molecular flexibility index (Phi) is 25.1. The zero-order chi connectivity index (χ0) is 19.4. The summed E-state index contributed by atoms with van der Waals surface area (Å²) in [7, 11) is -4.64. The molecule has 9 nitrogen and oxygen atoms in total. The lowest BCUT2D eigenvalue weighted by molar-refractivity contribution is 0.136. The highest BCUT2D eigenvalue weighted by molar-refractivity contribution is 7.45. The van der Waals surface area contributed by atoms with Gasteiger partial charge in [-0.25, -0.2) is 4.57 Å². The van der Waals surface area contributed by atoms with Crippen molar-refractivity contribution >= 4 is 7.82 Å². The van der Waals surface area contributed by atoms with Crippen molar-refractivity contribution in [2.24, 2.45) is 5.92 Å². The van der Waals surface area contributed by atoms with E-state index < -0.39 is 7.82 Å². The molecule has 0 aromatic heterocycles. The fraction of sp³-hybridized carbons (Fsp3) is 1.00. The largest absolute Gasteiger partial charge is 0.466 e. The molecule has 0 heterocycles. The smallest absolute Gasteiger partial charge is 0.396 e. The van der Waals surface area contributed by atoms with Crippen LogP contribution in [0.5, 0.6) is 0 Å². The van der Waals surface area contributed by atoms with Gasteiger partial charge in [0.05, 0.1) is 19.8 Å². The van der Waals surface area contributed by atoms with E-state index in [2.05, 4.69) is 13.8 Å². The van der Waals surface area contributed by atoms with Crippen LogP contribution in [0.4, 0.5) is 0 Å². The van der Waals surface area contributed by atoms with Crippen molar-refractivity contribution in [3.05, 3.63) is 0 Å². The van der Waals surface area contributed by atoms with Crippen LogP contribution in [0.15, 0.2) is 0 Å². The molecule has 1 atom stereocenters. The summed E-state index contributed by atoms with van der Waals surface area (Å²) >= 11 is 0. The lowest BCUT2D eigenvalue weighted by Gasteiger charge is -2.17. The molecule has 0 aliphatic heterocycles. The van der Waals surface area contributed by atoms with Gasteiger partial charge in [-0.1, -0.05) is 33.1 Å². The van der Waals surface area contributed by atoms with E-state index in [-0.39, 0.29) is 19.8 Å². The third-order valence-electron chi connectivity index (χ3n) is 3.05. The van der Waals surface area contributed by atoms with Crippen molar-refractivity contribution < 1.29 is 39.7 Å². The maximum Gasteiger partial charge on any atom is 0.466 e. The SMILES string of the molecule is CCCCC(CC)CO.O=P(O)(O)O.OCCN(CCO)CCO. The Morgan fingerprint density at radius 1 is 0.875 bits per heavy atom. The van der Waals surface area contributed by atoms with Gasteiger partial charge < -0.3 is 35.1 Å². The van der Waals surface area contributed by atoms with Gasteiger partial charge in [-0.05, 0) is 12.3 Å². The minimum absolute atomic E-state index is 0.0694. The minimum atomic E-state index is -4.64. The monoisotopic (exact) mass is 377 g/mol. The van der Waals surface area contributed by atoms with Gasteiger partial charge in [0.1, 0.15) is 0 Å². The molecule has 0 amide bonds. The maximum absolute atomic E-state index is 8.88. The fourth-order valence-electron chi connectivity index (χ4n) is 1.68. The van der Waals surface area contributed by atoms with Gasteiger partial charge >= 0.3 is 7.82 Å². The van der Waals surface area contributed by atoms with Crippen LogP contribution >= 0.6 is 7.82 Å². The Hall–Kier alpha value is -0.0900. The second kappa shape index (κ2) is 21.0. The first kappa shape index (κ1) is 28.7. The highest BCUT2D eigenvalue weighted by atomic mass is 31.2. The molecule has 0 radical (unpaired) electrons. The van der Waals surface area contributed by atoms with Gasteiger partial charge in [0.2, 0.25) is 0 Å². The van der Waals surface area contributed by atoms with Gasteiger partial charge in [0.15, 0.2) is 0 Å². The van der Waals surface area contributed by atoms with Gasteiger partial charge in [-0.3, -0.25) is 4.90 Å². The van der Waals surface area contributed by atoms with Gasteiger partial charge in [-0.2, -0.15) is 0 Å². The van der Waals surface area contributed by atoms with E-state index in [0.29, 0.717) is 32.2 Å². The Morgan fingerprint density at radius 2 is 1.25 bits per heavy atom. The number of hydrogen-bond donors (Lipinski definition) is 7. The Morgan fingerprint density at radius 3 is 1.46 bits per heavy atom. The van der Waals surface area contributed by atoms with Crippen molar-refractivity contribution in [2.45, 2.75) is 39.5 Å². The number of unbranched alkanes of at least 4 members (excludes halogenated alkanes) is 1. The van der Waals surface area contributed by atoms with Crippen molar-refractivity contribution in [1.82, 2.24) is 4.90 Å². The van der Waals surface area contributed by atoms with E-state index in [1.54, 1.807) is 4.90 Å². The predicted octanol–water partition coefficient (Wildman–Crippen LogP) is -0.468. The molecule has 1 unspecified atom stereocenters. The van der Waals surface area contributed by atoms with E-state index in [1.807, 2.05) is 0 Å². The molecule has 0 spiro atoms. The Labute approximate surface area is 144 Å². The van der Waals surface area contributed by atoms with Crippen LogP contribution in [0.1, 0.15) is 39.5 Å². The normalized spacial score (nSPS) is 12.1. The second-order valence-corrected chi connectivity index (χ2v) is 6.15. The van der Waals surface area contributed by atoms with Gasteiger partial charge in [0, 0.05) is 26.2 Å². The first-order valence-corrected chi connectivity index (χ1v) is 9.70. The molecule has 150 valence electrons. The number of aliphatic hydroxyl groups excluding tert-OH is 4. The molecule has 10 heteroatoms. The molecule has 0 fully saturated rings. The Balaban J connectivity index is -0.000000291. The van der Waals surface area contributed by atoms with Crippen LogP contribution in [0.2, 0.25) is 0 Å². The number of rotatable bonds is 11.